The molecular weight excluding hydrogens is 184 g/mol. The number of hydrogen-bond donors (Lipinski definition) is 1. The first kappa shape index (κ1) is 12.5. The predicted molar refractivity (Wildman–Crippen MR) is 65.7 cm³/mol. The van der Waals surface area contributed by atoms with E-state index in [9.17, 15) is 5.11 Å². The molecule has 0 aromatic heterocycles. The molecule has 0 aliphatic heterocycles. The molecule has 0 aromatic rings. The SMILES string of the molecule is C=C[C@H](C)[C@@]1(O)CCCC/C1=C\C(C)C. The zero-order valence-electron chi connectivity index (χ0n) is 10.3. The van der Waals surface area contributed by atoms with Crippen LogP contribution in [0.4, 0.5) is 0 Å². The monoisotopic (exact) mass is 208 g/mol. The Labute approximate surface area is 93.9 Å². The van der Waals surface area contributed by atoms with E-state index in [1.807, 2.05) is 6.08 Å². The van der Waals surface area contributed by atoms with Crippen LogP contribution >= 0.6 is 0 Å². The molecule has 1 saturated carbocycles. The van der Waals surface area contributed by atoms with Crippen molar-refractivity contribution in [3.8, 4) is 0 Å². The summed E-state index contributed by atoms with van der Waals surface area (Å²) in [7, 11) is 0. The average Bonchev–Trinajstić information content (AvgIpc) is 2.20. The zero-order valence-corrected chi connectivity index (χ0v) is 10.3. The molecule has 1 nitrogen and oxygen atoms in total. The number of hydrogen-bond acceptors (Lipinski definition) is 1. The summed E-state index contributed by atoms with van der Waals surface area (Å²) in [5.41, 5.74) is 0.612. The van der Waals surface area contributed by atoms with Crippen LogP contribution in [0.2, 0.25) is 0 Å². The fraction of sp³-hybridized carbons (Fsp3) is 0.714. The van der Waals surface area contributed by atoms with Crippen molar-refractivity contribution >= 4 is 0 Å². The Kier molecular flexibility index (Phi) is 4.15. The lowest BCUT2D eigenvalue weighted by atomic mass is 9.72. The molecule has 1 aliphatic carbocycles. The molecule has 0 heterocycles. The quantitative estimate of drug-likeness (QED) is 0.701. The Morgan fingerprint density at radius 1 is 1.33 bits per heavy atom. The van der Waals surface area contributed by atoms with Gasteiger partial charge in [0.2, 0.25) is 0 Å². The molecule has 0 saturated heterocycles. The van der Waals surface area contributed by atoms with E-state index in [4.69, 9.17) is 0 Å². The maximum absolute atomic E-state index is 10.7. The highest BCUT2D eigenvalue weighted by molar-refractivity contribution is 5.23. The molecule has 1 N–H and O–H groups in total. The van der Waals surface area contributed by atoms with Crippen LogP contribution in [0.25, 0.3) is 0 Å². The maximum Gasteiger partial charge on any atom is 0.0916 e. The maximum atomic E-state index is 10.7. The largest absolute Gasteiger partial charge is 0.385 e. The topological polar surface area (TPSA) is 20.2 Å². The third kappa shape index (κ3) is 2.72. The summed E-state index contributed by atoms with van der Waals surface area (Å²) in [5, 5.41) is 10.7. The summed E-state index contributed by atoms with van der Waals surface area (Å²) in [5.74, 6) is 0.671. The minimum Gasteiger partial charge on any atom is -0.385 e. The van der Waals surface area contributed by atoms with Gasteiger partial charge >= 0.3 is 0 Å². The predicted octanol–water partition coefficient (Wildman–Crippen LogP) is 3.70. The third-order valence-electron chi connectivity index (χ3n) is 3.45. The van der Waals surface area contributed by atoms with E-state index < -0.39 is 5.60 Å². The van der Waals surface area contributed by atoms with Gasteiger partial charge in [-0.05, 0) is 37.2 Å². The Morgan fingerprint density at radius 2 is 2.00 bits per heavy atom. The summed E-state index contributed by atoms with van der Waals surface area (Å²) in [4.78, 5) is 0. The Hall–Kier alpha value is -0.560. The van der Waals surface area contributed by atoms with E-state index in [1.54, 1.807) is 0 Å². The molecule has 2 atom stereocenters. The van der Waals surface area contributed by atoms with Gasteiger partial charge in [-0.25, -0.2) is 0 Å². The smallest absolute Gasteiger partial charge is 0.0916 e. The van der Waals surface area contributed by atoms with E-state index in [0.717, 1.165) is 19.3 Å². The Balaban J connectivity index is 2.95. The van der Waals surface area contributed by atoms with Crippen molar-refractivity contribution in [1.29, 1.82) is 0 Å². The number of aliphatic hydroxyl groups is 1. The lowest BCUT2D eigenvalue weighted by molar-refractivity contribution is 0.0177. The van der Waals surface area contributed by atoms with Gasteiger partial charge < -0.3 is 5.11 Å². The highest BCUT2D eigenvalue weighted by Crippen LogP contribution is 2.39. The first-order valence-electron chi connectivity index (χ1n) is 6.07. The standard InChI is InChI=1S/C14H24O/c1-5-12(4)14(15)9-7-6-8-13(14)10-11(2)3/h5,10-12,15H,1,6-9H2,2-4H3/b13-10+/t12-,14-/m0/s1. The second-order valence-corrected chi connectivity index (χ2v) is 5.09. The van der Waals surface area contributed by atoms with E-state index in [0.29, 0.717) is 5.92 Å². The van der Waals surface area contributed by atoms with Gasteiger partial charge in [-0.15, -0.1) is 6.58 Å². The lowest BCUT2D eigenvalue weighted by Gasteiger charge is -2.39. The van der Waals surface area contributed by atoms with Crippen LogP contribution in [0.5, 0.6) is 0 Å². The molecule has 0 unspecified atom stereocenters. The van der Waals surface area contributed by atoms with Crippen LogP contribution in [0.3, 0.4) is 0 Å². The first-order chi connectivity index (χ1) is 7.00. The third-order valence-corrected chi connectivity index (χ3v) is 3.45. The second kappa shape index (κ2) is 4.98. The molecule has 1 aliphatic rings. The van der Waals surface area contributed by atoms with Crippen LogP contribution in [0, 0.1) is 11.8 Å². The van der Waals surface area contributed by atoms with Gasteiger partial charge in [0.15, 0.2) is 0 Å². The number of rotatable bonds is 3. The number of allylic oxidation sites excluding steroid dienone is 1. The van der Waals surface area contributed by atoms with Crippen molar-refractivity contribution in [3.63, 3.8) is 0 Å². The zero-order chi connectivity index (χ0) is 11.5. The van der Waals surface area contributed by atoms with E-state index >= 15 is 0 Å². The molecule has 0 radical (unpaired) electrons. The van der Waals surface area contributed by atoms with Crippen LogP contribution < -0.4 is 0 Å². The van der Waals surface area contributed by atoms with Gasteiger partial charge in [0.25, 0.3) is 0 Å². The molecule has 86 valence electrons. The van der Waals surface area contributed by atoms with E-state index in [2.05, 4.69) is 33.4 Å². The summed E-state index contributed by atoms with van der Waals surface area (Å²) in [6, 6.07) is 0. The summed E-state index contributed by atoms with van der Waals surface area (Å²) in [6.07, 6.45) is 8.39. The molecule has 0 aromatic carbocycles. The van der Waals surface area contributed by atoms with Crippen LogP contribution in [-0.4, -0.2) is 10.7 Å². The second-order valence-electron chi connectivity index (χ2n) is 5.09. The molecule has 0 bridgehead atoms. The Bertz CT molecular complexity index is 252. The first-order valence-corrected chi connectivity index (χ1v) is 6.07. The van der Waals surface area contributed by atoms with E-state index in [1.165, 1.54) is 12.0 Å². The minimum atomic E-state index is -0.621. The molecule has 1 rings (SSSR count). The van der Waals surface area contributed by atoms with Gasteiger partial charge in [-0.2, -0.15) is 0 Å². The summed E-state index contributed by atoms with van der Waals surface area (Å²) < 4.78 is 0. The van der Waals surface area contributed by atoms with Crippen LogP contribution in [0.15, 0.2) is 24.3 Å². The van der Waals surface area contributed by atoms with Crippen molar-refractivity contribution in [3.05, 3.63) is 24.3 Å². The van der Waals surface area contributed by atoms with Crippen molar-refractivity contribution in [2.45, 2.75) is 52.1 Å². The highest BCUT2D eigenvalue weighted by atomic mass is 16.3. The average molecular weight is 208 g/mol. The molecular formula is C14H24O. The lowest BCUT2D eigenvalue weighted by Crippen LogP contribution is -2.40. The fourth-order valence-corrected chi connectivity index (χ4v) is 2.43. The van der Waals surface area contributed by atoms with Crippen molar-refractivity contribution in [2.75, 3.05) is 0 Å². The minimum absolute atomic E-state index is 0.155. The molecule has 0 spiro atoms. The van der Waals surface area contributed by atoms with Crippen LogP contribution in [0.1, 0.15) is 46.5 Å². The summed E-state index contributed by atoms with van der Waals surface area (Å²) >= 11 is 0. The molecule has 1 fully saturated rings. The summed E-state index contributed by atoms with van der Waals surface area (Å²) in [6.45, 7) is 10.2. The van der Waals surface area contributed by atoms with Gasteiger partial charge in [0.05, 0.1) is 5.60 Å². The Morgan fingerprint density at radius 3 is 2.53 bits per heavy atom. The van der Waals surface area contributed by atoms with E-state index in [-0.39, 0.29) is 5.92 Å². The van der Waals surface area contributed by atoms with Gasteiger partial charge in [0.1, 0.15) is 0 Å². The molecule has 1 heteroatoms. The van der Waals surface area contributed by atoms with Gasteiger partial charge in [-0.1, -0.05) is 32.9 Å². The highest BCUT2D eigenvalue weighted by Gasteiger charge is 2.37. The van der Waals surface area contributed by atoms with Crippen molar-refractivity contribution in [1.82, 2.24) is 0 Å². The van der Waals surface area contributed by atoms with Crippen molar-refractivity contribution < 1.29 is 5.11 Å². The molecule has 0 amide bonds. The van der Waals surface area contributed by atoms with Gasteiger partial charge in [0, 0.05) is 5.92 Å². The van der Waals surface area contributed by atoms with Crippen LogP contribution in [-0.2, 0) is 0 Å². The normalized spacial score (nSPS) is 31.9. The fourth-order valence-electron chi connectivity index (χ4n) is 2.43. The van der Waals surface area contributed by atoms with Crippen molar-refractivity contribution in [2.24, 2.45) is 11.8 Å². The molecule has 15 heavy (non-hydrogen) atoms. The van der Waals surface area contributed by atoms with Gasteiger partial charge in [-0.3, -0.25) is 0 Å².